The Morgan fingerprint density at radius 2 is 1.85 bits per heavy atom. The minimum atomic E-state index is 0.306. The van der Waals surface area contributed by atoms with Gasteiger partial charge >= 0.3 is 0 Å². The molecule has 0 radical (unpaired) electrons. The van der Waals surface area contributed by atoms with Crippen molar-refractivity contribution in [3.8, 4) is 5.75 Å². The SMILES string of the molecule is c1ccc(OCC2NCCN2)cc1. The van der Waals surface area contributed by atoms with Gasteiger partial charge in [-0.2, -0.15) is 0 Å². The lowest BCUT2D eigenvalue weighted by molar-refractivity contribution is 0.266. The molecular weight excluding hydrogens is 164 g/mol. The predicted octanol–water partition coefficient (Wildman–Crippen LogP) is 0.584. The van der Waals surface area contributed by atoms with E-state index in [1.807, 2.05) is 30.3 Å². The molecule has 1 aliphatic heterocycles. The van der Waals surface area contributed by atoms with Crippen LogP contribution in [0.15, 0.2) is 30.3 Å². The highest BCUT2D eigenvalue weighted by atomic mass is 16.5. The van der Waals surface area contributed by atoms with E-state index in [9.17, 15) is 0 Å². The first kappa shape index (κ1) is 8.53. The Balaban J connectivity index is 1.79. The third-order valence-electron chi connectivity index (χ3n) is 2.07. The fourth-order valence-electron chi connectivity index (χ4n) is 1.38. The molecule has 0 amide bonds. The number of hydrogen-bond donors (Lipinski definition) is 2. The number of rotatable bonds is 3. The number of benzene rings is 1. The zero-order chi connectivity index (χ0) is 8.93. The van der Waals surface area contributed by atoms with Crippen LogP contribution in [0.5, 0.6) is 5.75 Å². The maximum absolute atomic E-state index is 5.56. The maximum atomic E-state index is 5.56. The summed E-state index contributed by atoms with van der Waals surface area (Å²) in [7, 11) is 0. The van der Waals surface area contributed by atoms with Gasteiger partial charge in [0.2, 0.25) is 0 Å². The van der Waals surface area contributed by atoms with Gasteiger partial charge in [-0.25, -0.2) is 0 Å². The summed E-state index contributed by atoms with van der Waals surface area (Å²) in [5, 5.41) is 6.58. The molecule has 1 aromatic rings. The Hall–Kier alpha value is -1.06. The van der Waals surface area contributed by atoms with Gasteiger partial charge in [0.05, 0.1) is 6.17 Å². The van der Waals surface area contributed by atoms with Crippen molar-refractivity contribution >= 4 is 0 Å². The molecule has 0 saturated carbocycles. The number of ether oxygens (including phenoxy) is 1. The van der Waals surface area contributed by atoms with Crippen LogP contribution >= 0.6 is 0 Å². The summed E-state index contributed by atoms with van der Waals surface area (Å²) in [4.78, 5) is 0. The van der Waals surface area contributed by atoms with Crippen molar-refractivity contribution < 1.29 is 4.74 Å². The molecule has 1 saturated heterocycles. The van der Waals surface area contributed by atoms with Gasteiger partial charge in [0.15, 0.2) is 0 Å². The topological polar surface area (TPSA) is 33.3 Å². The summed E-state index contributed by atoms with van der Waals surface area (Å²) >= 11 is 0. The van der Waals surface area contributed by atoms with Crippen LogP contribution in [-0.2, 0) is 0 Å². The zero-order valence-corrected chi connectivity index (χ0v) is 7.49. The molecular formula is C10H14N2O. The Kier molecular flexibility index (Phi) is 2.79. The standard InChI is InChI=1S/C10H14N2O/c1-2-4-9(5-3-1)13-8-10-11-6-7-12-10/h1-5,10-12H,6-8H2. The molecule has 3 heteroatoms. The van der Waals surface area contributed by atoms with Crippen LogP contribution in [-0.4, -0.2) is 25.9 Å². The van der Waals surface area contributed by atoms with Crippen molar-refractivity contribution in [1.29, 1.82) is 0 Å². The van der Waals surface area contributed by atoms with E-state index in [1.54, 1.807) is 0 Å². The molecule has 0 bridgehead atoms. The van der Waals surface area contributed by atoms with Crippen molar-refractivity contribution in [3.05, 3.63) is 30.3 Å². The molecule has 2 N–H and O–H groups in total. The first-order valence-electron chi connectivity index (χ1n) is 4.60. The average molecular weight is 178 g/mol. The number of hydrogen-bond acceptors (Lipinski definition) is 3. The van der Waals surface area contributed by atoms with E-state index in [4.69, 9.17) is 4.74 Å². The number of nitrogens with one attached hydrogen (secondary N) is 2. The van der Waals surface area contributed by atoms with Crippen molar-refractivity contribution in [2.24, 2.45) is 0 Å². The van der Waals surface area contributed by atoms with Gasteiger partial charge < -0.3 is 4.74 Å². The van der Waals surface area contributed by atoms with Crippen molar-refractivity contribution in [2.75, 3.05) is 19.7 Å². The number of para-hydroxylation sites is 1. The van der Waals surface area contributed by atoms with E-state index in [2.05, 4.69) is 10.6 Å². The van der Waals surface area contributed by atoms with E-state index in [1.165, 1.54) is 0 Å². The highest BCUT2D eigenvalue weighted by Gasteiger charge is 2.12. The molecule has 0 spiro atoms. The molecule has 2 rings (SSSR count). The van der Waals surface area contributed by atoms with Crippen molar-refractivity contribution in [3.63, 3.8) is 0 Å². The van der Waals surface area contributed by atoms with Gasteiger partial charge in [-0.15, -0.1) is 0 Å². The average Bonchev–Trinajstić information content (AvgIpc) is 2.69. The van der Waals surface area contributed by atoms with Gasteiger partial charge in [0.25, 0.3) is 0 Å². The van der Waals surface area contributed by atoms with Crippen LogP contribution < -0.4 is 15.4 Å². The quantitative estimate of drug-likeness (QED) is 0.710. The first-order chi connectivity index (χ1) is 6.45. The lowest BCUT2D eigenvalue weighted by atomic mass is 10.3. The van der Waals surface area contributed by atoms with Gasteiger partial charge in [-0.05, 0) is 12.1 Å². The molecule has 0 atom stereocenters. The van der Waals surface area contributed by atoms with E-state index in [0.29, 0.717) is 12.8 Å². The van der Waals surface area contributed by atoms with Crippen LogP contribution in [0.3, 0.4) is 0 Å². The molecule has 1 fully saturated rings. The molecule has 1 heterocycles. The fourth-order valence-corrected chi connectivity index (χ4v) is 1.38. The van der Waals surface area contributed by atoms with Gasteiger partial charge in [-0.1, -0.05) is 18.2 Å². The molecule has 1 aliphatic rings. The second-order valence-electron chi connectivity index (χ2n) is 3.08. The Bertz CT molecular complexity index is 244. The maximum Gasteiger partial charge on any atom is 0.119 e. The highest BCUT2D eigenvalue weighted by Crippen LogP contribution is 2.08. The zero-order valence-electron chi connectivity index (χ0n) is 7.49. The molecule has 0 aromatic heterocycles. The molecule has 1 aromatic carbocycles. The Morgan fingerprint density at radius 1 is 1.15 bits per heavy atom. The smallest absolute Gasteiger partial charge is 0.119 e. The fraction of sp³-hybridized carbons (Fsp3) is 0.400. The van der Waals surface area contributed by atoms with Gasteiger partial charge in [0, 0.05) is 13.1 Å². The van der Waals surface area contributed by atoms with Crippen LogP contribution in [0.2, 0.25) is 0 Å². The second-order valence-corrected chi connectivity index (χ2v) is 3.08. The minimum Gasteiger partial charge on any atom is -0.491 e. The minimum absolute atomic E-state index is 0.306. The molecule has 13 heavy (non-hydrogen) atoms. The van der Waals surface area contributed by atoms with E-state index < -0.39 is 0 Å². The van der Waals surface area contributed by atoms with Crippen LogP contribution in [0.4, 0.5) is 0 Å². The first-order valence-corrected chi connectivity index (χ1v) is 4.60. The highest BCUT2D eigenvalue weighted by molar-refractivity contribution is 5.20. The van der Waals surface area contributed by atoms with E-state index >= 15 is 0 Å². The van der Waals surface area contributed by atoms with Crippen LogP contribution in [0.1, 0.15) is 0 Å². The van der Waals surface area contributed by atoms with Crippen LogP contribution in [0.25, 0.3) is 0 Å². The summed E-state index contributed by atoms with van der Waals surface area (Å²) in [5.74, 6) is 0.929. The summed E-state index contributed by atoms with van der Waals surface area (Å²) in [6.45, 7) is 2.75. The van der Waals surface area contributed by atoms with Crippen LogP contribution in [0, 0.1) is 0 Å². The van der Waals surface area contributed by atoms with Crippen molar-refractivity contribution in [1.82, 2.24) is 10.6 Å². The lowest BCUT2D eigenvalue weighted by Crippen LogP contribution is -2.36. The Morgan fingerprint density at radius 3 is 2.54 bits per heavy atom. The Labute approximate surface area is 78.1 Å². The largest absolute Gasteiger partial charge is 0.491 e. The van der Waals surface area contributed by atoms with E-state index in [-0.39, 0.29) is 0 Å². The third kappa shape index (κ3) is 2.44. The van der Waals surface area contributed by atoms with Gasteiger partial charge in [0.1, 0.15) is 12.4 Å². The summed E-state index contributed by atoms with van der Waals surface area (Å²) < 4.78 is 5.56. The summed E-state index contributed by atoms with van der Waals surface area (Å²) in [6.07, 6.45) is 0.306. The van der Waals surface area contributed by atoms with Gasteiger partial charge in [-0.3, -0.25) is 10.6 Å². The molecule has 0 unspecified atom stereocenters. The predicted molar refractivity (Wildman–Crippen MR) is 51.7 cm³/mol. The summed E-state index contributed by atoms with van der Waals surface area (Å²) in [5.41, 5.74) is 0. The molecule has 3 nitrogen and oxygen atoms in total. The lowest BCUT2D eigenvalue weighted by Gasteiger charge is -2.12. The monoisotopic (exact) mass is 178 g/mol. The molecule has 0 aliphatic carbocycles. The summed E-state index contributed by atoms with van der Waals surface area (Å²) in [6, 6.07) is 9.87. The van der Waals surface area contributed by atoms with Crippen molar-refractivity contribution in [2.45, 2.75) is 6.17 Å². The normalized spacial score (nSPS) is 17.5. The second kappa shape index (κ2) is 4.25. The van der Waals surface area contributed by atoms with E-state index in [0.717, 1.165) is 18.8 Å². The molecule has 70 valence electrons. The third-order valence-corrected chi connectivity index (χ3v) is 2.07.